The average Bonchev–Trinajstić information content (AvgIpc) is 3.45. The molecule has 2 aromatic rings. The van der Waals surface area contributed by atoms with E-state index in [2.05, 4.69) is 10.2 Å². The van der Waals surface area contributed by atoms with E-state index in [1.165, 1.54) is 12.1 Å². The van der Waals surface area contributed by atoms with Gasteiger partial charge in [0.15, 0.2) is 0 Å². The Morgan fingerprint density at radius 3 is 2.58 bits per heavy atom. The van der Waals surface area contributed by atoms with Gasteiger partial charge < -0.3 is 5.32 Å². The summed E-state index contributed by atoms with van der Waals surface area (Å²) in [5.74, 6) is -0.273. The summed E-state index contributed by atoms with van der Waals surface area (Å²) in [6.45, 7) is 2.18. The maximum absolute atomic E-state index is 12.5. The highest BCUT2D eigenvalue weighted by Crippen LogP contribution is 2.36. The van der Waals surface area contributed by atoms with Gasteiger partial charge in [0.2, 0.25) is 5.91 Å². The maximum atomic E-state index is 12.5. The Hall–Kier alpha value is -2.44. The van der Waals surface area contributed by atoms with Crippen molar-refractivity contribution in [3.8, 4) is 0 Å². The van der Waals surface area contributed by atoms with Crippen LogP contribution < -0.4 is 5.32 Å². The van der Waals surface area contributed by atoms with Crippen molar-refractivity contribution < 1.29 is 9.72 Å². The predicted octanol–water partition coefficient (Wildman–Crippen LogP) is 4.41. The smallest absolute Gasteiger partial charge is 0.292 e. The number of nitro groups is 1. The molecule has 0 aliphatic heterocycles. The SMILES string of the molecule is C[C@@H](c1ccccc1Cl)N(CC(=O)Nc1ccccc1[N+](=O)[O-])C1CC1. The number of nitro benzene ring substituents is 1. The molecule has 1 atom stereocenters. The summed E-state index contributed by atoms with van der Waals surface area (Å²) in [4.78, 5) is 25.2. The largest absolute Gasteiger partial charge is 0.319 e. The molecular formula is C19H20ClN3O3. The minimum Gasteiger partial charge on any atom is -0.319 e. The van der Waals surface area contributed by atoms with Crippen molar-refractivity contribution in [2.24, 2.45) is 0 Å². The zero-order valence-electron chi connectivity index (χ0n) is 14.4. The summed E-state index contributed by atoms with van der Waals surface area (Å²) >= 11 is 6.31. The van der Waals surface area contributed by atoms with Crippen LogP contribution in [0.4, 0.5) is 11.4 Å². The van der Waals surface area contributed by atoms with Gasteiger partial charge in [-0.1, -0.05) is 41.9 Å². The Labute approximate surface area is 156 Å². The zero-order chi connectivity index (χ0) is 18.7. The third-order valence-electron chi connectivity index (χ3n) is 4.57. The van der Waals surface area contributed by atoms with Crippen LogP contribution in [-0.4, -0.2) is 28.3 Å². The van der Waals surface area contributed by atoms with Crippen molar-refractivity contribution in [3.63, 3.8) is 0 Å². The van der Waals surface area contributed by atoms with Crippen molar-refractivity contribution in [1.29, 1.82) is 0 Å². The fourth-order valence-electron chi connectivity index (χ4n) is 3.08. The molecule has 0 saturated heterocycles. The molecular weight excluding hydrogens is 354 g/mol. The Bertz CT molecular complexity index is 823. The Kier molecular flexibility index (Phi) is 5.54. The molecule has 0 heterocycles. The molecule has 0 aromatic heterocycles. The molecule has 3 rings (SSSR count). The third kappa shape index (κ3) is 4.20. The summed E-state index contributed by atoms with van der Waals surface area (Å²) in [6, 6.07) is 14.1. The molecule has 0 spiro atoms. The number of carbonyl (C=O) groups excluding carboxylic acids is 1. The van der Waals surface area contributed by atoms with Crippen LogP contribution in [0.15, 0.2) is 48.5 Å². The lowest BCUT2D eigenvalue weighted by atomic mass is 10.1. The van der Waals surface area contributed by atoms with Gasteiger partial charge in [-0.05, 0) is 37.5 Å². The molecule has 0 unspecified atom stereocenters. The van der Waals surface area contributed by atoms with Gasteiger partial charge in [-0.25, -0.2) is 0 Å². The van der Waals surface area contributed by atoms with Crippen LogP contribution in [-0.2, 0) is 4.79 Å². The number of hydrogen-bond acceptors (Lipinski definition) is 4. The fourth-order valence-corrected chi connectivity index (χ4v) is 3.37. The molecule has 0 bridgehead atoms. The lowest BCUT2D eigenvalue weighted by Crippen LogP contribution is -2.37. The summed E-state index contributed by atoms with van der Waals surface area (Å²) in [7, 11) is 0. The predicted molar refractivity (Wildman–Crippen MR) is 101 cm³/mol. The summed E-state index contributed by atoms with van der Waals surface area (Å²) < 4.78 is 0. The van der Waals surface area contributed by atoms with Crippen molar-refractivity contribution in [2.75, 3.05) is 11.9 Å². The molecule has 26 heavy (non-hydrogen) atoms. The first-order valence-corrected chi connectivity index (χ1v) is 8.88. The number of halogens is 1. The van der Waals surface area contributed by atoms with Gasteiger partial charge in [0.25, 0.3) is 5.69 Å². The van der Waals surface area contributed by atoms with Gasteiger partial charge in [0.05, 0.1) is 11.5 Å². The standard InChI is InChI=1S/C19H20ClN3O3/c1-13(15-6-2-3-7-16(15)20)22(14-10-11-14)12-19(24)21-17-8-4-5-9-18(17)23(25)26/h2-9,13-14H,10-12H2,1H3,(H,21,24)/t13-/m0/s1. The summed E-state index contributed by atoms with van der Waals surface area (Å²) in [5.41, 5.74) is 1.07. The number of benzene rings is 2. The van der Waals surface area contributed by atoms with Crippen LogP contribution in [0.5, 0.6) is 0 Å². The van der Waals surface area contributed by atoms with Crippen molar-refractivity contribution >= 4 is 28.9 Å². The number of rotatable bonds is 7. The lowest BCUT2D eigenvalue weighted by molar-refractivity contribution is -0.383. The van der Waals surface area contributed by atoms with Gasteiger partial charge in [0.1, 0.15) is 5.69 Å². The van der Waals surface area contributed by atoms with E-state index in [0.717, 1.165) is 18.4 Å². The molecule has 1 N–H and O–H groups in total. The first kappa shape index (κ1) is 18.4. The van der Waals surface area contributed by atoms with Gasteiger partial charge in [-0.2, -0.15) is 0 Å². The molecule has 1 aliphatic carbocycles. The second-order valence-electron chi connectivity index (χ2n) is 6.42. The second-order valence-corrected chi connectivity index (χ2v) is 6.83. The van der Waals surface area contributed by atoms with E-state index < -0.39 is 4.92 Å². The first-order valence-electron chi connectivity index (χ1n) is 8.51. The number of nitrogens with one attached hydrogen (secondary N) is 1. The fraction of sp³-hybridized carbons (Fsp3) is 0.316. The van der Waals surface area contributed by atoms with Crippen molar-refractivity contribution in [2.45, 2.75) is 31.8 Å². The number of anilines is 1. The van der Waals surface area contributed by atoms with E-state index in [4.69, 9.17) is 11.6 Å². The molecule has 7 heteroatoms. The normalized spacial score (nSPS) is 14.9. The number of nitrogens with zero attached hydrogens (tertiary/aromatic N) is 2. The van der Waals surface area contributed by atoms with E-state index in [1.807, 2.05) is 31.2 Å². The number of para-hydroxylation sites is 2. The third-order valence-corrected chi connectivity index (χ3v) is 4.91. The average molecular weight is 374 g/mol. The Balaban J connectivity index is 1.74. The Morgan fingerprint density at radius 1 is 1.27 bits per heavy atom. The minimum atomic E-state index is -0.499. The van der Waals surface area contributed by atoms with Crippen LogP contribution in [0.1, 0.15) is 31.4 Å². The van der Waals surface area contributed by atoms with E-state index in [-0.39, 0.29) is 29.9 Å². The van der Waals surface area contributed by atoms with Crippen LogP contribution in [0.3, 0.4) is 0 Å². The van der Waals surface area contributed by atoms with E-state index in [1.54, 1.807) is 12.1 Å². The summed E-state index contributed by atoms with van der Waals surface area (Å²) in [6.07, 6.45) is 2.07. The van der Waals surface area contributed by atoms with Crippen LogP contribution in [0, 0.1) is 10.1 Å². The molecule has 1 saturated carbocycles. The second kappa shape index (κ2) is 7.85. The van der Waals surface area contributed by atoms with Gasteiger partial charge in [-0.15, -0.1) is 0 Å². The van der Waals surface area contributed by atoms with Crippen LogP contribution in [0.2, 0.25) is 5.02 Å². The topological polar surface area (TPSA) is 75.5 Å². The molecule has 0 radical (unpaired) electrons. The van der Waals surface area contributed by atoms with Crippen LogP contribution >= 0.6 is 11.6 Å². The molecule has 2 aromatic carbocycles. The van der Waals surface area contributed by atoms with Gasteiger partial charge >= 0.3 is 0 Å². The van der Waals surface area contributed by atoms with Crippen LogP contribution in [0.25, 0.3) is 0 Å². The molecule has 1 amide bonds. The van der Waals surface area contributed by atoms with E-state index in [0.29, 0.717) is 11.1 Å². The quantitative estimate of drug-likeness (QED) is 0.576. The molecule has 6 nitrogen and oxygen atoms in total. The molecule has 136 valence electrons. The highest BCUT2D eigenvalue weighted by atomic mass is 35.5. The van der Waals surface area contributed by atoms with Crippen molar-refractivity contribution in [3.05, 3.63) is 69.2 Å². The monoisotopic (exact) mass is 373 g/mol. The zero-order valence-corrected chi connectivity index (χ0v) is 15.1. The number of carbonyl (C=O) groups is 1. The molecule has 1 fully saturated rings. The first-order chi connectivity index (χ1) is 12.5. The highest BCUT2D eigenvalue weighted by molar-refractivity contribution is 6.31. The Morgan fingerprint density at radius 2 is 1.92 bits per heavy atom. The number of amides is 1. The minimum absolute atomic E-state index is 0.0206. The number of hydrogen-bond donors (Lipinski definition) is 1. The van der Waals surface area contributed by atoms with E-state index in [9.17, 15) is 14.9 Å². The molecule has 1 aliphatic rings. The van der Waals surface area contributed by atoms with E-state index >= 15 is 0 Å². The summed E-state index contributed by atoms with van der Waals surface area (Å²) in [5, 5.41) is 14.4. The maximum Gasteiger partial charge on any atom is 0.292 e. The van der Waals surface area contributed by atoms with Crippen molar-refractivity contribution in [1.82, 2.24) is 4.90 Å². The van der Waals surface area contributed by atoms with Gasteiger partial charge in [-0.3, -0.25) is 19.8 Å². The van der Waals surface area contributed by atoms with Gasteiger partial charge in [0, 0.05) is 23.2 Å². The highest BCUT2D eigenvalue weighted by Gasteiger charge is 2.34. The lowest BCUT2D eigenvalue weighted by Gasteiger charge is -2.29.